The minimum absolute atomic E-state index is 0.236. The Kier molecular flexibility index (Phi) is 52.9. The summed E-state index contributed by atoms with van der Waals surface area (Å²) in [6.45, 7) is 1.76. The zero-order valence-electron chi connectivity index (χ0n) is 59.4. The van der Waals surface area contributed by atoms with Gasteiger partial charge >= 0.3 is 0 Å². The Hall–Kier alpha value is -1.99. The van der Waals surface area contributed by atoms with Crippen molar-refractivity contribution in [3.05, 3.63) is 36.5 Å². The van der Waals surface area contributed by atoms with E-state index in [1.165, 1.54) is 231 Å². The molecule has 0 aromatic carbocycles. The first-order chi connectivity index (χ1) is 46.3. The molecule has 0 aromatic heterocycles. The average Bonchev–Trinajstić information content (AvgIpc) is 0.787. The van der Waals surface area contributed by atoms with Gasteiger partial charge in [0.05, 0.1) is 38.6 Å². The highest BCUT2D eigenvalue weighted by atomic mass is 16.8. The highest BCUT2D eigenvalue weighted by Gasteiger charge is 2.53. The molecule has 3 aliphatic rings. The van der Waals surface area contributed by atoms with E-state index < -0.39 is 124 Å². The van der Waals surface area contributed by atoms with Gasteiger partial charge in [-0.05, 0) is 44.9 Å². The van der Waals surface area contributed by atoms with E-state index in [-0.39, 0.29) is 18.9 Å². The van der Waals surface area contributed by atoms with Crippen molar-refractivity contribution >= 4 is 5.91 Å². The number of hydrogen-bond acceptors (Lipinski definition) is 18. The van der Waals surface area contributed by atoms with Gasteiger partial charge < -0.3 is 89.9 Å². The molecule has 95 heavy (non-hydrogen) atoms. The van der Waals surface area contributed by atoms with E-state index in [0.29, 0.717) is 12.8 Å². The second-order valence-electron chi connectivity index (χ2n) is 27.8. The first-order valence-electron chi connectivity index (χ1n) is 38.7. The van der Waals surface area contributed by atoms with Crippen molar-refractivity contribution in [1.82, 2.24) is 5.32 Å². The minimum atomic E-state index is -1.98. The topological polar surface area (TPSA) is 307 Å². The van der Waals surface area contributed by atoms with Crippen LogP contribution in [0.4, 0.5) is 0 Å². The van der Waals surface area contributed by atoms with Gasteiger partial charge in [0.15, 0.2) is 18.9 Å². The molecule has 3 saturated heterocycles. The minimum Gasteiger partial charge on any atom is -0.394 e. The predicted molar refractivity (Wildman–Crippen MR) is 374 cm³/mol. The van der Waals surface area contributed by atoms with Gasteiger partial charge in [0, 0.05) is 6.42 Å². The van der Waals surface area contributed by atoms with E-state index in [1.807, 2.05) is 6.08 Å². The summed E-state index contributed by atoms with van der Waals surface area (Å²) in [6, 6.07) is -0.995. The molecule has 0 aliphatic carbocycles. The van der Waals surface area contributed by atoms with E-state index in [1.54, 1.807) is 6.08 Å². The second kappa shape index (κ2) is 57.6. The van der Waals surface area contributed by atoms with E-state index in [2.05, 4.69) is 43.5 Å². The van der Waals surface area contributed by atoms with Crippen LogP contribution >= 0.6 is 0 Å². The van der Waals surface area contributed by atoms with Gasteiger partial charge in [-0.15, -0.1) is 0 Å². The monoisotopic (exact) mass is 1360 g/mol. The lowest BCUT2D eigenvalue weighted by molar-refractivity contribution is -0.379. The fourth-order valence-corrected chi connectivity index (χ4v) is 13.2. The van der Waals surface area contributed by atoms with Crippen LogP contribution in [-0.4, -0.2) is 193 Å². The number of hydrogen-bond donors (Lipinski definition) is 12. The van der Waals surface area contributed by atoms with Gasteiger partial charge in [0.1, 0.15) is 73.2 Å². The summed E-state index contributed by atoms with van der Waals surface area (Å²) in [4.78, 5) is 13.4. The Balaban J connectivity index is 1.41. The number of nitrogens with one attached hydrogen (secondary N) is 1. The Morgan fingerprint density at radius 2 is 0.674 bits per heavy atom. The molecule has 17 atom stereocenters. The van der Waals surface area contributed by atoms with Crippen LogP contribution in [0.2, 0.25) is 0 Å². The molecule has 17 unspecified atom stereocenters. The summed E-state index contributed by atoms with van der Waals surface area (Å²) >= 11 is 0. The first kappa shape index (κ1) is 87.2. The van der Waals surface area contributed by atoms with Crippen LogP contribution in [0.3, 0.4) is 0 Å². The third-order valence-corrected chi connectivity index (χ3v) is 19.4. The van der Waals surface area contributed by atoms with Gasteiger partial charge in [0.2, 0.25) is 5.91 Å². The van der Waals surface area contributed by atoms with Crippen molar-refractivity contribution in [2.45, 2.75) is 413 Å². The van der Waals surface area contributed by atoms with E-state index in [0.717, 1.165) is 44.9 Å². The fraction of sp³-hybridized carbons (Fsp3) is 0.908. The Labute approximate surface area is 574 Å². The van der Waals surface area contributed by atoms with Crippen molar-refractivity contribution in [2.75, 3.05) is 26.4 Å². The van der Waals surface area contributed by atoms with Gasteiger partial charge in [0.25, 0.3) is 0 Å². The summed E-state index contributed by atoms with van der Waals surface area (Å²) in [5.74, 6) is -0.283. The summed E-state index contributed by atoms with van der Waals surface area (Å²) in [6.07, 6.45) is 42.8. The number of ether oxygens (including phenoxy) is 6. The van der Waals surface area contributed by atoms with E-state index in [4.69, 9.17) is 28.4 Å². The molecule has 3 fully saturated rings. The lowest BCUT2D eigenvalue weighted by Crippen LogP contribution is -2.66. The van der Waals surface area contributed by atoms with Gasteiger partial charge in [-0.1, -0.05) is 294 Å². The molecule has 0 aromatic rings. The quantitative estimate of drug-likeness (QED) is 0.0199. The normalized spacial score (nSPS) is 27.4. The average molecular weight is 1360 g/mol. The zero-order chi connectivity index (χ0) is 68.9. The number of unbranched alkanes of at least 4 members (excludes halogenated alkanes) is 41. The third kappa shape index (κ3) is 38.6. The largest absolute Gasteiger partial charge is 0.394 e. The summed E-state index contributed by atoms with van der Waals surface area (Å²) in [7, 11) is 0. The molecular formula is C76H141NO18. The molecule has 3 heterocycles. The van der Waals surface area contributed by atoms with Crippen LogP contribution < -0.4 is 5.32 Å². The maximum absolute atomic E-state index is 13.4. The van der Waals surface area contributed by atoms with Gasteiger partial charge in [-0.25, -0.2) is 0 Å². The molecular weight excluding hydrogens is 1210 g/mol. The highest BCUT2D eigenvalue weighted by Crippen LogP contribution is 2.33. The molecule has 19 nitrogen and oxygen atoms in total. The number of aliphatic hydroxyl groups is 11. The van der Waals surface area contributed by atoms with Crippen molar-refractivity contribution in [1.29, 1.82) is 0 Å². The number of allylic oxidation sites excluding steroid dienone is 5. The van der Waals surface area contributed by atoms with Crippen molar-refractivity contribution in [2.24, 2.45) is 0 Å². The molecule has 558 valence electrons. The lowest BCUT2D eigenvalue weighted by atomic mass is 9.96. The molecule has 0 spiro atoms. The number of rotatable bonds is 61. The fourth-order valence-electron chi connectivity index (χ4n) is 13.2. The summed E-state index contributed by atoms with van der Waals surface area (Å²) < 4.78 is 34.4. The van der Waals surface area contributed by atoms with Crippen LogP contribution in [0.5, 0.6) is 0 Å². The molecule has 19 heteroatoms. The lowest BCUT2D eigenvalue weighted by Gasteiger charge is -2.48. The second-order valence-corrected chi connectivity index (χ2v) is 27.8. The standard InChI is InChI=1S/C76H141NO18/c1-3-5-7-9-11-13-15-17-19-21-23-25-27-29-30-32-34-36-38-40-42-44-46-48-50-52-54-64(82)77-59(60(81)53-51-49-47-45-43-41-39-37-35-33-31-28-26-24-22-20-18-16-14-12-10-8-6-4-2)58-90-74-70(88)67(85)72(62(56-79)92-74)95-76-71(89)68(86)73(63(57-80)93-76)94-75-69(87)66(84)65(83)61(55-78)91-75/h35,37,43,45,51,53,59-63,65-76,78-81,83-89H,3-34,36,38-42,44,46-50,52,54-58H2,1-2H3,(H,77,82)/b37-35+,45-43+,53-51+. The maximum atomic E-state index is 13.4. The maximum Gasteiger partial charge on any atom is 0.220 e. The van der Waals surface area contributed by atoms with Crippen LogP contribution in [0.15, 0.2) is 36.5 Å². The third-order valence-electron chi connectivity index (χ3n) is 19.4. The van der Waals surface area contributed by atoms with Crippen molar-refractivity contribution in [3.8, 4) is 0 Å². The van der Waals surface area contributed by atoms with Crippen LogP contribution in [-0.2, 0) is 33.2 Å². The van der Waals surface area contributed by atoms with Crippen LogP contribution in [0.1, 0.15) is 309 Å². The molecule has 0 bridgehead atoms. The highest BCUT2D eigenvalue weighted by molar-refractivity contribution is 5.76. The molecule has 12 N–H and O–H groups in total. The molecule has 3 aliphatic heterocycles. The summed E-state index contributed by atoms with van der Waals surface area (Å²) in [5.41, 5.74) is 0. The zero-order valence-corrected chi connectivity index (χ0v) is 59.4. The Morgan fingerprint density at radius 1 is 0.368 bits per heavy atom. The first-order valence-corrected chi connectivity index (χ1v) is 38.7. The van der Waals surface area contributed by atoms with Gasteiger partial charge in [-0.2, -0.15) is 0 Å². The van der Waals surface area contributed by atoms with Crippen LogP contribution in [0, 0.1) is 0 Å². The molecule has 0 radical (unpaired) electrons. The molecule has 1 amide bonds. The molecule has 3 rings (SSSR count). The van der Waals surface area contributed by atoms with Gasteiger partial charge in [-0.3, -0.25) is 4.79 Å². The van der Waals surface area contributed by atoms with Crippen molar-refractivity contribution < 1.29 is 89.4 Å². The smallest absolute Gasteiger partial charge is 0.220 e. The Bertz CT molecular complexity index is 1860. The van der Waals surface area contributed by atoms with E-state index in [9.17, 15) is 61.0 Å². The Morgan fingerprint density at radius 3 is 1.05 bits per heavy atom. The predicted octanol–water partition coefficient (Wildman–Crippen LogP) is 11.9. The number of aliphatic hydroxyl groups excluding tert-OH is 11. The van der Waals surface area contributed by atoms with Crippen molar-refractivity contribution in [3.63, 3.8) is 0 Å². The number of carbonyl (C=O) groups excluding carboxylic acids is 1. The molecule has 0 saturated carbocycles. The number of carbonyl (C=O) groups is 1. The SMILES string of the molecule is CCCCCCCCCCCCCCCC/C=C/CC/C=C/CC/C=C/C(O)C(COC1OC(CO)C(OC2OC(CO)C(OC3OC(CO)C(O)C(O)C3O)C(O)C2O)C(O)C1O)NC(=O)CCCCCCCCCCCCCCCCCCCCCCCCCCCC. The van der Waals surface area contributed by atoms with Crippen LogP contribution in [0.25, 0.3) is 0 Å². The number of amides is 1. The summed E-state index contributed by atoms with van der Waals surface area (Å²) in [5, 5.41) is 121. The van der Waals surface area contributed by atoms with E-state index >= 15 is 0 Å².